The van der Waals surface area contributed by atoms with Crippen LogP contribution in [0.15, 0.2) is 67.0 Å². The third-order valence-electron chi connectivity index (χ3n) is 4.19. The quantitative estimate of drug-likeness (QED) is 0.495. The van der Waals surface area contributed by atoms with E-state index < -0.39 is 0 Å². The predicted molar refractivity (Wildman–Crippen MR) is 104 cm³/mol. The number of fused-ring (bicyclic) bond motifs is 1. The molecule has 1 atom stereocenters. The Morgan fingerprint density at radius 3 is 2.54 bits per heavy atom. The second-order valence-corrected chi connectivity index (χ2v) is 6.89. The van der Waals surface area contributed by atoms with Crippen LogP contribution in [0.5, 0.6) is 5.75 Å². The van der Waals surface area contributed by atoms with Crippen LogP contribution in [0.3, 0.4) is 0 Å². The van der Waals surface area contributed by atoms with Gasteiger partial charge in [0.1, 0.15) is 22.7 Å². The number of aromatic hydroxyl groups is 1. The summed E-state index contributed by atoms with van der Waals surface area (Å²) in [6.45, 7) is -0.0496. The number of thiophene rings is 1. The Hall–Kier alpha value is -2.96. The third-order valence-corrected chi connectivity index (χ3v) is 5.27. The van der Waals surface area contributed by atoms with Crippen molar-refractivity contribution in [1.82, 2.24) is 9.97 Å². The number of hydrogen-bond donors (Lipinski definition) is 3. The van der Waals surface area contributed by atoms with Crippen molar-refractivity contribution >= 4 is 27.4 Å². The van der Waals surface area contributed by atoms with E-state index in [0.717, 1.165) is 26.2 Å². The molecule has 5 nitrogen and oxygen atoms in total. The van der Waals surface area contributed by atoms with Crippen molar-refractivity contribution in [1.29, 1.82) is 0 Å². The Morgan fingerprint density at radius 2 is 1.77 bits per heavy atom. The van der Waals surface area contributed by atoms with Gasteiger partial charge in [0, 0.05) is 10.4 Å². The van der Waals surface area contributed by atoms with Crippen LogP contribution >= 0.6 is 11.3 Å². The molecule has 0 aliphatic heterocycles. The Morgan fingerprint density at radius 1 is 1.00 bits per heavy atom. The Balaban J connectivity index is 1.73. The molecule has 2 aromatic heterocycles. The molecule has 0 radical (unpaired) electrons. The van der Waals surface area contributed by atoms with E-state index >= 15 is 0 Å². The van der Waals surface area contributed by atoms with E-state index in [0.29, 0.717) is 5.82 Å². The fourth-order valence-electron chi connectivity index (χ4n) is 2.87. The number of aromatic nitrogens is 2. The predicted octanol–water partition coefficient (Wildman–Crippen LogP) is 4.21. The maximum Gasteiger partial charge on any atom is 0.138 e. The van der Waals surface area contributed by atoms with Gasteiger partial charge in [-0.2, -0.15) is 0 Å². The Bertz CT molecular complexity index is 1030. The van der Waals surface area contributed by atoms with Gasteiger partial charge in [-0.15, -0.1) is 11.3 Å². The highest BCUT2D eigenvalue weighted by atomic mass is 32.1. The number of nitrogens with zero attached hydrogens (tertiary/aromatic N) is 2. The highest BCUT2D eigenvalue weighted by Crippen LogP contribution is 2.39. The highest BCUT2D eigenvalue weighted by Gasteiger charge is 2.16. The summed E-state index contributed by atoms with van der Waals surface area (Å²) in [7, 11) is 0. The molecule has 4 rings (SSSR count). The molecule has 26 heavy (non-hydrogen) atoms. The van der Waals surface area contributed by atoms with Gasteiger partial charge in [-0.25, -0.2) is 9.97 Å². The van der Waals surface area contributed by atoms with Crippen molar-refractivity contribution in [3.8, 4) is 16.2 Å². The molecule has 0 aliphatic rings. The van der Waals surface area contributed by atoms with Crippen LogP contribution in [0.25, 0.3) is 20.7 Å². The van der Waals surface area contributed by atoms with E-state index in [-0.39, 0.29) is 18.4 Å². The number of benzene rings is 2. The topological polar surface area (TPSA) is 78.3 Å². The smallest absolute Gasteiger partial charge is 0.138 e. The summed E-state index contributed by atoms with van der Waals surface area (Å²) in [6.07, 6.45) is 1.51. The van der Waals surface area contributed by atoms with Crippen LogP contribution in [0.1, 0.15) is 11.6 Å². The van der Waals surface area contributed by atoms with Gasteiger partial charge in [0.05, 0.1) is 18.0 Å². The number of para-hydroxylation sites is 1. The van der Waals surface area contributed by atoms with Crippen LogP contribution in [0, 0.1) is 0 Å². The zero-order valence-corrected chi connectivity index (χ0v) is 14.6. The number of phenols is 1. The number of anilines is 1. The molecule has 0 spiro atoms. The lowest BCUT2D eigenvalue weighted by atomic mass is 10.1. The van der Waals surface area contributed by atoms with Crippen LogP contribution in [-0.2, 0) is 0 Å². The molecule has 130 valence electrons. The van der Waals surface area contributed by atoms with Crippen LogP contribution < -0.4 is 5.32 Å². The lowest BCUT2D eigenvalue weighted by Crippen LogP contribution is -2.15. The van der Waals surface area contributed by atoms with Crippen molar-refractivity contribution in [3.63, 3.8) is 0 Å². The second kappa shape index (κ2) is 7.11. The summed E-state index contributed by atoms with van der Waals surface area (Å²) < 4.78 is 0. The fraction of sp³-hybridized carbons (Fsp3) is 0.100. The molecule has 3 N–H and O–H groups in total. The van der Waals surface area contributed by atoms with Crippen molar-refractivity contribution in [3.05, 3.63) is 72.6 Å². The molecule has 6 heteroatoms. The number of rotatable bonds is 5. The van der Waals surface area contributed by atoms with E-state index in [4.69, 9.17) is 0 Å². The van der Waals surface area contributed by atoms with E-state index in [9.17, 15) is 10.2 Å². The molecule has 2 heterocycles. The van der Waals surface area contributed by atoms with Gasteiger partial charge in [0.25, 0.3) is 0 Å². The van der Waals surface area contributed by atoms with E-state index in [1.165, 1.54) is 17.7 Å². The molecule has 2 aromatic carbocycles. The molecule has 0 bridgehead atoms. The first-order valence-corrected chi connectivity index (χ1v) is 9.03. The summed E-state index contributed by atoms with van der Waals surface area (Å²) in [5, 5.41) is 24.1. The normalized spacial score (nSPS) is 12.2. The molecule has 0 saturated heterocycles. The highest BCUT2D eigenvalue weighted by molar-refractivity contribution is 7.22. The van der Waals surface area contributed by atoms with Gasteiger partial charge < -0.3 is 15.5 Å². The van der Waals surface area contributed by atoms with E-state index in [1.54, 1.807) is 12.1 Å². The van der Waals surface area contributed by atoms with Gasteiger partial charge in [-0.3, -0.25) is 0 Å². The largest absolute Gasteiger partial charge is 0.507 e. The van der Waals surface area contributed by atoms with Gasteiger partial charge in [0.2, 0.25) is 0 Å². The van der Waals surface area contributed by atoms with Crippen LogP contribution in [0.4, 0.5) is 5.82 Å². The molecular weight excluding hydrogens is 346 g/mol. The summed E-state index contributed by atoms with van der Waals surface area (Å²) in [5.74, 6) is 0.898. The summed E-state index contributed by atoms with van der Waals surface area (Å²) in [6, 6.07) is 18.7. The number of phenolic OH excluding ortho intramolecular Hbond substituents is 1. The lowest BCUT2D eigenvalue weighted by molar-refractivity contribution is 0.276. The zero-order chi connectivity index (χ0) is 17.9. The van der Waals surface area contributed by atoms with Crippen LogP contribution in [-0.4, -0.2) is 26.8 Å². The number of hydrogen-bond acceptors (Lipinski definition) is 6. The minimum Gasteiger partial charge on any atom is -0.507 e. The van der Waals surface area contributed by atoms with Crippen molar-refractivity contribution in [2.75, 3.05) is 11.9 Å². The van der Waals surface area contributed by atoms with Crippen molar-refractivity contribution in [2.45, 2.75) is 6.04 Å². The van der Waals surface area contributed by atoms with E-state index in [2.05, 4.69) is 15.3 Å². The maximum atomic E-state index is 10.1. The first-order valence-electron chi connectivity index (χ1n) is 8.21. The monoisotopic (exact) mass is 363 g/mol. The lowest BCUT2D eigenvalue weighted by Gasteiger charge is -2.17. The SMILES string of the molecule is OCC(Nc1ncnc2sc(-c3ccccc3O)cc12)c1ccccc1. The van der Waals surface area contributed by atoms with E-state index in [1.807, 2.05) is 48.5 Å². The zero-order valence-electron chi connectivity index (χ0n) is 13.8. The molecule has 0 aliphatic carbocycles. The van der Waals surface area contributed by atoms with Gasteiger partial charge >= 0.3 is 0 Å². The number of aliphatic hydroxyl groups is 1. The average Bonchev–Trinajstić information content (AvgIpc) is 3.12. The molecule has 0 amide bonds. The molecule has 1 unspecified atom stereocenters. The first kappa shape index (κ1) is 16.5. The van der Waals surface area contributed by atoms with Gasteiger partial charge in [-0.1, -0.05) is 42.5 Å². The minimum atomic E-state index is -0.261. The molecule has 0 saturated carbocycles. The molecule has 4 aromatic rings. The van der Waals surface area contributed by atoms with Gasteiger partial charge in [0.15, 0.2) is 0 Å². The fourth-order valence-corrected chi connectivity index (χ4v) is 3.90. The summed E-state index contributed by atoms with van der Waals surface area (Å²) in [5.41, 5.74) is 1.75. The standard InChI is InChI=1S/C20H17N3O2S/c24-11-16(13-6-2-1-3-7-13)23-19-15-10-18(26-20(15)22-12-21-19)14-8-4-5-9-17(14)25/h1-10,12,16,24-25H,11H2,(H,21,22,23). The Labute approximate surface area is 154 Å². The maximum absolute atomic E-state index is 10.1. The van der Waals surface area contributed by atoms with Gasteiger partial charge in [-0.05, 0) is 23.8 Å². The third kappa shape index (κ3) is 3.12. The van der Waals surface area contributed by atoms with Crippen molar-refractivity contribution < 1.29 is 10.2 Å². The van der Waals surface area contributed by atoms with Crippen LogP contribution in [0.2, 0.25) is 0 Å². The second-order valence-electron chi connectivity index (χ2n) is 5.86. The average molecular weight is 363 g/mol. The minimum absolute atomic E-state index is 0.0496. The van der Waals surface area contributed by atoms with Crippen molar-refractivity contribution in [2.24, 2.45) is 0 Å². The Kier molecular flexibility index (Phi) is 4.51. The molecule has 0 fully saturated rings. The summed E-state index contributed by atoms with van der Waals surface area (Å²) >= 11 is 1.50. The number of aliphatic hydroxyl groups excluding tert-OH is 1. The number of nitrogens with one attached hydrogen (secondary N) is 1. The first-order chi connectivity index (χ1) is 12.8. The molecular formula is C20H17N3O2S. The summed E-state index contributed by atoms with van der Waals surface area (Å²) in [4.78, 5) is 10.5.